The van der Waals surface area contributed by atoms with Crippen LogP contribution in [0.5, 0.6) is 0 Å². The van der Waals surface area contributed by atoms with Gasteiger partial charge in [0.2, 0.25) is 5.82 Å². The van der Waals surface area contributed by atoms with Crippen molar-refractivity contribution in [2.45, 2.75) is 25.7 Å². The Labute approximate surface area is 202 Å². The zero-order valence-corrected chi connectivity index (χ0v) is 19.2. The Balaban J connectivity index is 1.57. The van der Waals surface area contributed by atoms with Crippen LogP contribution in [0.1, 0.15) is 35.5 Å². The molecule has 2 aromatic carbocycles. The SMILES string of the molecule is CC1=C(c2nc(-c3cccs3)no2)C(c2ccccc2)NC(=O)N1Cc1cccc(C(F)(F)F)c1. The van der Waals surface area contributed by atoms with Crippen molar-refractivity contribution in [2.75, 3.05) is 0 Å². The van der Waals surface area contributed by atoms with E-state index in [1.165, 1.54) is 22.3 Å². The summed E-state index contributed by atoms with van der Waals surface area (Å²) in [5.41, 5.74) is 1.48. The second kappa shape index (κ2) is 9.03. The van der Waals surface area contributed by atoms with Gasteiger partial charge in [-0.3, -0.25) is 4.90 Å². The van der Waals surface area contributed by atoms with Gasteiger partial charge in [0.25, 0.3) is 5.89 Å². The van der Waals surface area contributed by atoms with Gasteiger partial charge >= 0.3 is 12.2 Å². The quantitative estimate of drug-likeness (QED) is 0.342. The summed E-state index contributed by atoms with van der Waals surface area (Å²) in [5, 5.41) is 8.95. The lowest BCUT2D eigenvalue weighted by atomic mass is 9.94. The van der Waals surface area contributed by atoms with Crippen LogP contribution in [0.2, 0.25) is 0 Å². The Kier molecular flexibility index (Phi) is 5.89. The molecule has 2 amide bonds. The third-order valence-electron chi connectivity index (χ3n) is 5.72. The highest BCUT2D eigenvalue weighted by Gasteiger charge is 2.36. The van der Waals surface area contributed by atoms with Crippen LogP contribution in [0, 0.1) is 0 Å². The second-order valence-electron chi connectivity index (χ2n) is 7.98. The molecule has 2 aromatic heterocycles. The molecule has 4 aromatic rings. The number of hydrogen-bond donors (Lipinski definition) is 1. The van der Waals surface area contributed by atoms with Crippen LogP contribution in [0.3, 0.4) is 0 Å². The fraction of sp³-hybridized carbons (Fsp3) is 0.160. The lowest BCUT2D eigenvalue weighted by Gasteiger charge is -2.35. The molecule has 1 unspecified atom stereocenters. The number of alkyl halides is 3. The summed E-state index contributed by atoms with van der Waals surface area (Å²) in [7, 11) is 0. The Hall–Kier alpha value is -3.92. The first kappa shape index (κ1) is 22.9. The summed E-state index contributed by atoms with van der Waals surface area (Å²) in [6.45, 7) is 1.67. The van der Waals surface area contributed by atoms with E-state index in [9.17, 15) is 18.0 Å². The molecule has 0 spiro atoms. The number of urea groups is 1. The predicted molar refractivity (Wildman–Crippen MR) is 125 cm³/mol. The highest BCUT2D eigenvalue weighted by molar-refractivity contribution is 7.13. The second-order valence-corrected chi connectivity index (χ2v) is 8.92. The van der Waals surface area contributed by atoms with Crippen LogP contribution in [0.4, 0.5) is 18.0 Å². The number of carbonyl (C=O) groups is 1. The van der Waals surface area contributed by atoms with Crippen LogP contribution >= 0.6 is 11.3 Å². The van der Waals surface area contributed by atoms with Crippen molar-refractivity contribution >= 4 is 22.9 Å². The molecule has 0 saturated heterocycles. The molecule has 1 aliphatic heterocycles. The van der Waals surface area contributed by atoms with Gasteiger partial charge in [0.1, 0.15) is 0 Å². The van der Waals surface area contributed by atoms with Crippen LogP contribution in [0.25, 0.3) is 16.3 Å². The standard InChI is InChI=1S/C25H19F3N4O2S/c1-15-20(23-30-22(31-34-23)19-11-6-12-35-19)21(17-8-3-2-4-9-17)29-24(33)32(15)14-16-7-5-10-18(13-16)25(26,27)28/h2-13,21H,14H2,1H3,(H,29,33). The monoisotopic (exact) mass is 496 g/mol. The molecule has 0 aliphatic carbocycles. The molecule has 1 aliphatic rings. The highest BCUT2D eigenvalue weighted by Crippen LogP contribution is 2.38. The Morgan fingerprint density at radius 1 is 1.09 bits per heavy atom. The van der Waals surface area contributed by atoms with Crippen LogP contribution < -0.4 is 5.32 Å². The molecular weight excluding hydrogens is 477 g/mol. The third-order valence-corrected chi connectivity index (χ3v) is 6.59. The van der Waals surface area contributed by atoms with E-state index in [4.69, 9.17) is 4.52 Å². The molecule has 0 saturated carbocycles. The number of hydrogen-bond acceptors (Lipinski definition) is 5. The molecule has 0 bridgehead atoms. The average molecular weight is 497 g/mol. The van der Waals surface area contributed by atoms with E-state index in [0.29, 0.717) is 22.7 Å². The van der Waals surface area contributed by atoms with Crippen LogP contribution in [0.15, 0.2) is 82.3 Å². The number of allylic oxidation sites excluding steroid dienone is 1. The minimum absolute atomic E-state index is 0.0570. The van der Waals surface area contributed by atoms with E-state index >= 15 is 0 Å². The smallest absolute Gasteiger partial charge is 0.334 e. The van der Waals surface area contributed by atoms with Crippen molar-refractivity contribution in [3.8, 4) is 10.7 Å². The van der Waals surface area contributed by atoms with Gasteiger partial charge in [-0.05, 0) is 41.6 Å². The number of halogens is 3. The van der Waals surface area contributed by atoms with E-state index in [-0.39, 0.29) is 12.4 Å². The Morgan fingerprint density at radius 2 is 1.89 bits per heavy atom. The van der Waals surface area contributed by atoms with Crippen molar-refractivity contribution in [3.05, 3.63) is 100 Å². The maximum Gasteiger partial charge on any atom is 0.416 e. The first-order chi connectivity index (χ1) is 16.8. The lowest BCUT2D eigenvalue weighted by Crippen LogP contribution is -2.45. The van der Waals surface area contributed by atoms with Gasteiger partial charge in [0, 0.05) is 5.70 Å². The van der Waals surface area contributed by atoms with Crippen molar-refractivity contribution in [2.24, 2.45) is 0 Å². The molecule has 10 heteroatoms. The summed E-state index contributed by atoms with van der Waals surface area (Å²) in [6, 6.07) is 17.0. The number of nitrogens with zero attached hydrogens (tertiary/aromatic N) is 3. The summed E-state index contributed by atoms with van der Waals surface area (Å²) < 4.78 is 45.2. The van der Waals surface area contributed by atoms with E-state index in [1.807, 2.05) is 47.8 Å². The first-order valence-corrected chi connectivity index (χ1v) is 11.6. The van der Waals surface area contributed by atoms with Crippen molar-refractivity contribution < 1.29 is 22.5 Å². The number of nitrogens with one attached hydrogen (secondary N) is 1. The van der Waals surface area contributed by atoms with Crippen molar-refractivity contribution in [1.82, 2.24) is 20.4 Å². The highest BCUT2D eigenvalue weighted by atomic mass is 32.1. The Bertz CT molecular complexity index is 1380. The molecule has 178 valence electrons. The minimum Gasteiger partial charge on any atom is -0.334 e. The van der Waals surface area contributed by atoms with E-state index in [1.54, 1.807) is 13.0 Å². The molecule has 1 atom stereocenters. The van der Waals surface area contributed by atoms with Gasteiger partial charge in [0.15, 0.2) is 0 Å². The maximum atomic E-state index is 13.2. The normalized spacial score (nSPS) is 16.5. The summed E-state index contributed by atoms with van der Waals surface area (Å²) in [6.07, 6.45) is -4.48. The predicted octanol–water partition coefficient (Wildman–Crippen LogP) is 6.51. The number of thiophene rings is 1. The fourth-order valence-corrected chi connectivity index (χ4v) is 4.66. The molecule has 1 N–H and O–H groups in total. The number of benzene rings is 2. The van der Waals surface area contributed by atoms with Gasteiger partial charge in [-0.25, -0.2) is 4.79 Å². The molecular formula is C25H19F3N4O2S. The number of rotatable bonds is 5. The molecule has 0 fully saturated rings. The molecule has 3 heterocycles. The molecule has 6 nitrogen and oxygen atoms in total. The first-order valence-electron chi connectivity index (χ1n) is 10.7. The Morgan fingerprint density at radius 3 is 2.60 bits per heavy atom. The third kappa shape index (κ3) is 4.57. The fourth-order valence-electron chi connectivity index (χ4n) is 4.01. The van der Waals surface area contributed by atoms with Crippen molar-refractivity contribution in [3.63, 3.8) is 0 Å². The summed E-state index contributed by atoms with van der Waals surface area (Å²) in [4.78, 5) is 19.9. The number of aromatic nitrogens is 2. The molecule has 0 radical (unpaired) electrons. The number of amides is 2. The van der Waals surface area contributed by atoms with E-state index in [0.717, 1.165) is 22.6 Å². The molecule has 5 rings (SSSR count). The van der Waals surface area contributed by atoms with Gasteiger partial charge in [-0.2, -0.15) is 18.2 Å². The van der Waals surface area contributed by atoms with Crippen LogP contribution in [-0.4, -0.2) is 21.1 Å². The van der Waals surface area contributed by atoms with Gasteiger partial charge in [0.05, 0.1) is 28.6 Å². The zero-order valence-electron chi connectivity index (χ0n) is 18.4. The maximum absolute atomic E-state index is 13.2. The van der Waals surface area contributed by atoms with E-state index in [2.05, 4.69) is 15.5 Å². The zero-order chi connectivity index (χ0) is 24.6. The van der Waals surface area contributed by atoms with Gasteiger partial charge < -0.3 is 9.84 Å². The number of carbonyl (C=O) groups excluding carboxylic acids is 1. The summed E-state index contributed by atoms with van der Waals surface area (Å²) in [5.74, 6) is 0.650. The van der Waals surface area contributed by atoms with E-state index < -0.39 is 23.8 Å². The molecule has 35 heavy (non-hydrogen) atoms. The van der Waals surface area contributed by atoms with Crippen molar-refractivity contribution in [1.29, 1.82) is 0 Å². The topological polar surface area (TPSA) is 71.3 Å². The minimum atomic E-state index is -4.48. The van der Waals surface area contributed by atoms with Gasteiger partial charge in [-0.1, -0.05) is 53.7 Å². The van der Waals surface area contributed by atoms with Gasteiger partial charge in [-0.15, -0.1) is 11.3 Å². The average Bonchev–Trinajstić information content (AvgIpc) is 3.54. The summed E-state index contributed by atoms with van der Waals surface area (Å²) >= 11 is 1.47. The lowest BCUT2D eigenvalue weighted by molar-refractivity contribution is -0.137. The van der Waals surface area contributed by atoms with Crippen LogP contribution in [-0.2, 0) is 12.7 Å². The largest absolute Gasteiger partial charge is 0.416 e.